The van der Waals surface area contributed by atoms with E-state index in [1.807, 2.05) is 0 Å². The van der Waals surface area contributed by atoms with Gasteiger partial charge < -0.3 is 0 Å². The molecule has 0 N–H and O–H groups in total. The summed E-state index contributed by atoms with van der Waals surface area (Å²) in [4.78, 5) is 2.64. The summed E-state index contributed by atoms with van der Waals surface area (Å²) in [7, 11) is 0. The fourth-order valence-corrected chi connectivity index (χ4v) is 1.44. The highest BCUT2D eigenvalue weighted by atomic mass is 79.9. The number of nitrogens with zero attached hydrogens (tertiary/aromatic N) is 3. The van der Waals surface area contributed by atoms with Crippen molar-refractivity contribution in [3.8, 4) is 0 Å². The monoisotopic (exact) mass is 243 g/mol. The predicted octanol–water partition coefficient (Wildman–Crippen LogP) is 3.73. The first-order valence-corrected chi connectivity index (χ1v) is 4.41. The normalized spacial score (nSPS) is 9.38. The lowest BCUT2D eigenvalue weighted by molar-refractivity contribution is 0.484. The summed E-state index contributed by atoms with van der Waals surface area (Å²) >= 11 is 3.22. The van der Waals surface area contributed by atoms with Gasteiger partial charge in [0, 0.05) is 9.38 Å². The van der Waals surface area contributed by atoms with Crippen LogP contribution in [-0.2, 0) is 13.2 Å². The molecule has 0 saturated carbocycles. The Morgan fingerprint density at radius 1 is 1.54 bits per heavy atom. The van der Waals surface area contributed by atoms with Crippen LogP contribution in [0.1, 0.15) is 11.1 Å². The molecule has 1 aromatic rings. The van der Waals surface area contributed by atoms with E-state index in [1.165, 1.54) is 0 Å². The van der Waals surface area contributed by atoms with Gasteiger partial charge in [-0.2, -0.15) is 0 Å². The molecule has 1 aromatic carbocycles. The van der Waals surface area contributed by atoms with E-state index >= 15 is 0 Å². The summed E-state index contributed by atoms with van der Waals surface area (Å²) in [6.45, 7) is -0.204. The van der Waals surface area contributed by atoms with Crippen LogP contribution >= 0.6 is 15.9 Å². The fraction of sp³-hybridized carbons (Fsp3) is 0.250. The van der Waals surface area contributed by atoms with E-state index in [0.717, 1.165) is 5.56 Å². The molecule has 0 amide bonds. The van der Waals surface area contributed by atoms with Crippen LogP contribution in [-0.4, -0.2) is 0 Å². The van der Waals surface area contributed by atoms with Crippen LogP contribution in [0.4, 0.5) is 4.39 Å². The van der Waals surface area contributed by atoms with Crippen molar-refractivity contribution in [3.05, 3.63) is 44.2 Å². The first-order chi connectivity index (χ1) is 6.27. The second-order valence-corrected chi connectivity index (χ2v) is 3.30. The number of hydrogen-bond donors (Lipinski definition) is 0. The SMILES string of the molecule is [N-]=[N+]=NCc1ccc(CF)c(Br)c1. The Morgan fingerprint density at radius 3 is 2.85 bits per heavy atom. The maximum Gasteiger partial charge on any atom is 0.116 e. The van der Waals surface area contributed by atoms with Crippen LogP contribution in [0.25, 0.3) is 10.4 Å². The average Bonchev–Trinajstić information content (AvgIpc) is 2.15. The van der Waals surface area contributed by atoms with Crippen LogP contribution in [0.3, 0.4) is 0 Å². The van der Waals surface area contributed by atoms with Crippen LogP contribution in [0.15, 0.2) is 27.8 Å². The zero-order chi connectivity index (χ0) is 9.68. The zero-order valence-corrected chi connectivity index (χ0v) is 8.33. The molecule has 0 fully saturated rings. The highest BCUT2D eigenvalue weighted by molar-refractivity contribution is 9.10. The molecule has 0 unspecified atom stereocenters. The smallest absolute Gasteiger partial charge is 0.116 e. The summed E-state index contributed by atoms with van der Waals surface area (Å²) < 4.78 is 13.0. The molecular formula is C8H7BrFN3. The van der Waals surface area contributed by atoms with E-state index in [9.17, 15) is 4.39 Å². The minimum atomic E-state index is -0.498. The molecular weight excluding hydrogens is 237 g/mol. The van der Waals surface area contributed by atoms with Crippen LogP contribution in [0.5, 0.6) is 0 Å². The van der Waals surface area contributed by atoms with Gasteiger partial charge in [-0.1, -0.05) is 33.2 Å². The largest absolute Gasteiger partial charge is 0.246 e. The van der Waals surface area contributed by atoms with Gasteiger partial charge in [-0.3, -0.25) is 0 Å². The van der Waals surface area contributed by atoms with Gasteiger partial charge in [0.25, 0.3) is 0 Å². The van der Waals surface area contributed by atoms with Crippen LogP contribution in [0.2, 0.25) is 0 Å². The van der Waals surface area contributed by atoms with Gasteiger partial charge in [0.05, 0.1) is 6.54 Å². The number of azide groups is 1. The summed E-state index contributed by atoms with van der Waals surface area (Å²) in [5.41, 5.74) is 9.55. The van der Waals surface area contributed by atoms with E-state index in [1.54, 1.807) is 18.2 Å². The quantitative estimate of drug-likeness (QED) is 0.442. The van der Waals surface area contributed by atoms with Gasteiger partial charge in [0.1, 0.15) is 6.67 Å². The Bertz CT molecular complexity index is 347. The standard InChI is InChI=1S/C8H7BrFN3/c9-8-3-6(5-12-13-11)1-2-7(8)4-10/h1-3H,4-5H2. The molecule has 0 aliphatic heterocycles. The van der Waals surface area contributed by atoms with Crippen LogP contribution < -0.4 is 0 Å². The third kappa shape index (κ3) is 2.72. The lowest BCUT2D eigenvalue weighted by atomic mass is 10.1. The van der Waals surface area contributed by atoms with Crippen molar-refractivity contribution in [3.63, 3.8) is 0 Å². The van der Waals surface area contributed by atoms with E-state index < -0.39 is 6.67 Å². The molecule has 3 nitrogen and oxygen atoms in total. The molecule has 0 aliphatic rings. The Kier molecular flexibility index (Phi) is 3.73. The van der Waals surface area contributed by atoms with Gasteiger partial charge >= 0.3 is 0 Å². The Morgan fingerprint density at radius 2 is 2.31 bits per heavy atom. The van der Waals surface area contributed by atoms with Crippen molar-refractivity contribution >= 4 is 15.9 Å². The van der Waals surface area contributed by atoms with Gasteiger partial charge in [-0.05, 0) is 22.7 Å². The Balaban J connectivity index is 2.88. The molecule has 5 heteroatoms. The van der Waals surface area contributed by atoms with E-state index in [0.29, 0.717) is 16.6 Å². The predicted molar refractivity (Wildman–Crippen MR) is 51.8 cm³/mol. The lowest BCUT2D eigenvalue weighted by Gasteiger charge is -2.01. The maximum absolute atomic E-state index is 12.3. The number of rotatable bonds is 3. The third-order valence-corrected chi connectivity index (χ3v) is 2.32. The van der Waals surface area contributed by atoms with Gasteiger partial charge in [-0.25, -0.2) is 4.39 Å². The second-order valence-electron chi connectivity index (χ2n) is 2.45. The summed E-state index contributed by atoms with van der Waals surface area (Å²) in [6, 6.07) is 5.17. The summed E-state index contributed by atoms with van der Waals surface area (Å²) in [5, 5.41) is 3.40. The molecule has 1 rings (SSSR count). The second kappa shape index (κ2) is 4.84. The van der Waals surface area contributed by atoms with Gasteiger partial charge in [0.2, 0.25) is 0 Å². The molecule has 0 heterocycles. The first-order valence-electron chi connectivity index (χ1n) is 3.62. The van der Waals surface area contributed by atoms with Gasteiger partial charge in [-0.15, -0.1) is 0 Å². The van der Waals surface area contributed by atoms with Crippen molar-refractivity contribution < 1.29 is 4.39 Å². The molecule has 0 atom stereocenters. The number of hydrogen-bond acceptors (Lipinski definition) is 1. The fourth-order valence-electron chi connectivity index (χ4n) is 0.911. The Labute approximate surface area is 83.3 Å². The first kappa shape index (κ1) is 10.0. The number of halogens is 2. The van der Waals surface area contributed by atoms with Crippen molar-refractivity contribution in [2.45, 2.75) is 13.2 Å². The molecule has 13 heavy (non-hydrogen) atoms. The highest BCUT2D eigenvalue weighted by Crippen LogP contribution is 2.19. The molecule has 0 aliphatic carbocycles. The summed E-state index contributed by atoms with van der Waals surface area (Å²) in [5.74, 6) is 0. The van der Waals surface area contributed by atoms with Crippen molar-refractivity contribution in [2.75, 3.05) is 0 Å². The molecule has 0 bridgehead atoms. The van der Waals surface area contributed by atoms with E-state index in [4.69, 9.17) is 5.53 Å². The molecule has 0 aromatic heterocycles. The molecule has 68 valence electrons. The molecule has 0 saturated heterocycles. The molecule has 0 radical (unpaired) electrons. The average molecular weight is 244 g/mol. The Hall–Kier alpha value is -1.06. The number of benzene rings is 1. The van der Waals surface area contributed by atoms with Crippen LogP contribution in [0, 0.1) is 0 Å². The van der Waals surface area contributed by atoms with E-state index in [2.05, 4.69) is 26.0 Å². The highest BCUT2D eigenvalue weighted by Gasteiger charge is 1.99. The topological polar surface area (TPSA) is 48.8 Å². The lowest BCUT2D eigenvalue weighted by Crippen LogP contribution is -1.85. The third-order valence-electron chi connectivity index (χ3n) is 1.58. The van der Waals surface area contributed by atoms with E-state index in [-0.39, 0.29) is 0 Å². The van der Waals surface area contributed by atoms with Crippen molar-refractivity contribution in [2.24, 2.45) is 5.11 Å². The number of alkyl halides is 1. The maximum atomic E-state index is 12.3. The zero-order valence-electron chi connectivity index (χ0n) is 6.74. The minimum Gasteiger partial charge on any atom is -0.246 e. The minimum absolute atomic E-state index is 0.293. The van der Waals surface area contributed by atoms with Crippen molar-refractivity contribution in [1.82, 2.24) is 0 Å². The van der Waals surface area contributed by atoms with Gasteiger partial charge in [0.15, 0.2) is 0 Å². The van der Waals surface area contributed by atoms with Crippen molar-refractivity contribution in [1.29, 1.82) is 0 Å². The summed E-state index contributed by atoms with van der Waals surface area (Å²) in [6.07, 6.45) is 0. The molecule has 0 spiro atoms.